The molecule has 1 aliphatic heterocycles. The van der Waals surface area contributed by atoms with Gasteiger partial charge in [0.05, 0.1) is 5.69 Å². The minimum absolute atomic E-state index is 0.0413. The van der Waals surface area contributed by atoms with Crippen LogP contribution in [-0.4, -0.2) is 43.0 Å². The molecule has 1 amide bonds. The number of fused-ring (bicyclic) bond motifs is 2. The number of aromatic nitrogens is 4. The molecule has 0 saturated carbocycles. The first-order valence-corrected chi connectivity index (χ1v) is 11.3. The van der Waals surface area contributed by atoms with Crippen LogP contribution in [-0.2, 0) is 6.42 Å². The number of hydrogen-bond donors (Lipinski definition) is 0. The molecule has 0 N–H and O–H groups in total. The number of nitrogens with zero attached hydrogens (tertiary/aromatic N) is 5. The molecule has 0 spiro atoms. The number of halogens is 1. The first-order chi connectivity index (χ1) is 15.6. The van der Waals surface area contributed by atoms with Crippen LogP contribution in [0.2, 0.25) is 0 Å². The molecule has 1 fully saturated rings. The van der Waals surface area contributed by atoms with Crippen molar-refractivity contribution in [3.05, 3.63) is 59.8 Å². The van der Waals surface area contributed by atoms with Gasteiger partial charge in [-0.1, -0.05) is 31.9 Å². The van der Waals surface area contributed by atoms with Gasteiger partial charge in [-0.15, -0.1) is 0 Å². The molecule has 7 heteroatoms. The van der Waals surface area contributed by atoms with Crippen LogP contribution in [0.4, 0.5) is 4.39 Å². The van der Waals surface area contributed by atoms with Gasteiger partial charge in [-0.3, -0.25) is 9.78 Å². The number of amides is 1. The third kappa shape index (κ3) is 3.51. The first kappa shape index (κ1) is 20.5. The fourth-order valence-electron chi connectivity index (χ4n) is 4.56. The van der Waals surface area contributed by atoms with Crippen LogP contribution in [0.1, 0.15) is 55.7 Å². The van der Waals surface area contributed by atoms with E-state index in [2.05, 4.69) is 22.0 Å². The van der Waals surface area contributed by atoms with Crippen molar-refractivity contribution in [1.82, 2.24) is 24.5 Å². The lowest BCUT2D eigenvalue weighted by Crippen LogP contribution is -2.38. The van der Waals surface area contributed by atoms with Crippen LogP contribution in [0, 0.1) is 5.82 Å². The molecule has 1 atom stereocenters. The lowest BCUT2D eigenvalue weighted by molar-refractivity contribution is 0.0692. The second kappa shape index (κ2) is 8.30. The molecule has 164 valence electrons. The number of carbonyl (C=O) groups is 1. The Kier molecular flexibility index (Phi) is 5.33. The summed E-state index contributed by atoms with van der Waals surface area (Å²) >= 11 is 0. The lowest BCUT2D eigenvalue weighted by Gasteiger charge is -2.27. The van der Waals surface area contributed by atoms with Crippen molar-refractivity contribution in [3.63, 3.8) is 0 Å². The molecule has 32 heavy (non-hydrogen) atoms. The summed E-state index contributed by atoms with van der Waals surface area (Å²) in [7, 11) is 0. The van der Waals surface area contributed by atoms with Crippen LogP contribution < -0.4 is 0 Å². The highest BCUT2D eigenvalue weighted by atomic mass is 19.1. The van der Waals surface area contributed by atoms with E-state index in [0.717, 1.165) is 43.3 Å². The topological polar surface area (TPSA) is 63.4 Å². The predicted octanol–water partition coefficient (Wildman–Crippen LogP) is 5.05. The van der Waals surface area contributed by atoms with Gasteiger partial charge >= 0.3 is 0 Å². The van der Waals surface area contributed by atoms with Crippen molar-refractivity contribution in [2.45, 2.75) is 52.0 Å². The van der Waals surface area contributed by atoms with Gasteiger partial charge in [-0.05, 0) is 44.4 Å². The van der Waals surface area contributed by atoms with Crippen LogP contribution in [0.3, 0.4) is 0 Å². The second-order valence-corrected chi connectivity index (χ2v) is 8.48. The van der Waals surface area contributed by atoms with Crippen LogP contribution in [0.15, 0.2) is 42.6 Å². The molecule has 0 bridgehead atoms. The summed E-state index contributed by atoms with van der Waals surface area (Å²) in [5.74, 6) is -0.445. The van der Waals surface area contributed by atoms with Gasteiger partial charge in [0.15, 0.2) is 11.5 Å². The molecule has 4 aromatic rings. The quantitative estimate of drug-likeness (QED) is 0.455. The summed E-state index contributed by atoms with van der Waals surface area (Å²) in [6.07, 6.45) is 6.59. The van der Waals surface area contributed by atoms with Gasteiger partial charge in [0, 0.05) is 41.5 Å². The summed E-state index contributed by atoms with van der Waals surface area (Å²) in [6, 6.07) is 10.9. The molecule has 1 aliphatic rings. The van der Waals surface area contributed by atoms with Crippen molar-refractivity contribution >= 4 is 22.5 Å². The van der Waals surface area contributed by atoms with Crippen molar-refractivity contribution < 1.29 is 9.18 Å². The number of pyridine rings is 1. The van der Waals surface area contributed by atoms with Crippen molar-refractivity contribution in [2.24, 2.45) is 0 Å². The van der Waals surface area contributed by atoms with Crippen molar-refractivity contribution in [1.29, 1.82) is 0 Å². The van der Waals surface area contributed by atoms with E-state index in [-0.39, 0.29) is 11.9 Å². The number of likely N-dealkylation sites (tertiary alicyclic amines) is 1. The molecular formula is C25H26FN5O. The minimum atomic E-state index is -0.403. The Bertz CT molecular complexity index is 1310. The highest BCUT2D eigenvalue weighted by Crippen LogP contribution is 2.28. The lowest BCUT2D eigenvalue weighted by atomic mass is 10.1. The second-order valence-electron chi connectivity index (χ2n) is 8.48. The number of carbonyl (C=O) groups excluding carboxylic acids is 1. The Morgan fingerprint density at radius 3 is 2.91 bits per heavy atom. The Labute approximate surface area is 186 Å². The number of hydrogen-bond acceptors (Lipinski definition) is 4. The van der Waals surface area contributed by atoms with Gasteiger partial charge in [0.2, 0.25) is 0 Å². The first-order valence-electron chi connectivity index (χ1n) is 11.3. The van der Waals surface area contributed by atoms with E-state index in [1.54, 1.807) is 28.9 Å². The molecule has 0 aliphatic carbocycles. The predicted molar refractivity (Wildman–Crippen MR) is 122 cm³/mol. The van der Waals surface area contributed by atoms with E-state index in [1.807, 2.05) is 30.0 Å². The Morgan fingerprint density at radius 2 is 2.06 bits per heavy atom. The molecular weight excluding hydrogens is 405 g/mol. The maximum absolute atomic E-state index is 15.2. The van der Waals surface area contributed by atoms with Gasteiger partial charge in [-0.2, -0.15) is 5.10 Å². The molecule has 5 rings (SSSR count). The molecule has 3 aromatic heterocycles. The van der Waals surface area contributed by atoms with E-state index in [9.17, 15) is 4.79 Å². The molecule has 1 aromatic carbocycles. The molecule has 0 unspecified atom stereocenters. The summed E-state index contributed by atoms with van der Waals surface area (Å²) in [5.41, 5.74) is 3.01. The van der Waals surface area contributed by atoms with Crippen LogP contribution in [0.25, 0.3) is 27.8 Å². The summed E-state index contributed by atoms with van der Waals surface area (Å²) < 4.78 is 16.9. The minimum Gasteiger partial charge on any atom is -0.335 e. The van der Waals surface area contributed by atoms with Gasteiger partial charge < -0.3 is 4.90 Å². The summed E-state index contributed by atoms with van der Waals surface area (Å²) in [4.78, 5) is 24.1. The highest BCUT2D eigenvalue weighted by molar-refractivity contribution is 5.93. The molecule has 1 saturated heterocycles. The normalized spacial score (nSPS) is 17.1. The zero-order chi connectivity index (χ0) is 22.2. The third-order valence-electron chi connectivity index (χ3n) is 6.38. The van der Waals surface area contributed by atoms with E-state index in [0.29, 0.717) is 34.5 Å². The zero-order valence-corrected chi connectivity index (χ0v) is 18.4. The average molecular weight is 432 g/mol. The zero-order valence-electron chi connectivity index (χ0n) is 18.4. The maximum Gasteiger partial charge on any atom is 0.272 e. The number of rotatable bonds is 3. The van der Waals surface area contributed by atoms with Crippen LogP contribution >= 0.6 is 0 Å². The van der Waals surface area contributed by atoms with Gasteiger partial charge in [0.1, 0.15) is 11.2 Å². The largest absolute Gasteiger partial charge is 0.335 e. The van der Waals surface area contributed by atoms with E-state index in [4.69, 9.17) is 0 Å². The Morgan fingerprint density at radius 1 is 1.19 bits per heavy atom. The maximum atomic E-state index is 15.2. The molecule has 0 radical (unpaired) electrons. The Balaban J connectivity index is 1.59. The monoisotopic (exact) mass is 431 g/mol. The Hall–Kier alpha value is -3.35. The van der Waals surface area contributed by atoms with Gasteiger partial charge in [-0.25, -0.2) is 13.9 Å². The van der Waals surface area contributed by atoms with Crippen molar-refractivity contribution in [2.75, 3.05) is 6.54 Å². The van der Waals surface area contributed by atoms with E-state index < -0.39 is 5.82 Å². The molecule has 4 heterocycles. The standard InChI is InChI=1S/C25H26FN5O/c1-3-18-14-21(25(32)30-13-6-4-5-8-16(30)2)28-22-15-20(29-31(18)22)19-11-10-17-9-7-12-27-24(17)23(19)26/h7,9-12,14-16H,3-6,8,13H2,1-2H3/t16-/m1/s1. The third-order valence-corrected chi connectivity index (χ3v) is 6.38. The fraction of sp³-hybridized carbons (Fsp3) is 0.360. The SMILES string of the molecule is CCc1cc(C(=O)N2CCCCC[C@H]2C)nc2cc(-c3ccc4cccnc4c3F)nn12. The summed E-state index contributed by atoms with van der Waals surface area (Å²) in [6.45, 7) is 4.88. The highest BCUT2D eigenvalue weighted by Gasteiger charge is 2.25. The van der Waals surface area contributed by atoms with E-state index in [1.165, 1.54) is 0 Å². The smallest absolute Gasteiger partial charge is 0.272 e. The van der Waals surface area contributed by atoms with Crippen molar-refractivity contribution in [3.8, 4) is 11.3 Å². The number of benzene rings is 1. The van der Waals surface area contributed by atoms with Gasteiger partial charge in [0.25, 0.3) is 5.91 Å². The van der Waals surface area contributed by atoms with E-state index >= 15 is 4.39 Å². The number of aryl methyl sites for hydroxylation is 1. The fourth-order valence-corrected chi connectivity index (χ4v) is 4.56. The average Bonchev–Trinajstić information content (AvgIpc) is 3.12. The van der Waals surface area contributed by atoms with Crippen LogP contribution in [0.5, 0.6) is 0 Å². The molecule has 6 nitrogen and oxygen atoms in total. The summed E-state index contributed by atoms with van der Waals surface area (Å²) in [5, 5.41) is 5.37.